The molecule has 0 bridgehead atoms. The number of aromatic amines is 1. The third-order valence-corrected chi connectivity index (χ3v) is 6.00. The Morgan fingerprint density at radius 2 is 2.20 bits per heavy atom. The van der Waals surface area contributed by atoms with Gasteiger partial charge >= 0.3 is 0 Å². The molecule has 1 saturated heterocycles. The zero-order valence-electron chi connectivity index (χ0n) is 12.1. The van der Waals surface area contributed by atoms with Gasteiger partial charge in [0.2, 0.25) is 10.0 Å². The fraction of sp³-hybridized carbons (Fsp3) is 0.846. The lowest BCUT2D eigenvalue weighted by Gasteiger charge is -2.41. The molecule has 6 nitrogen and oxygen atoms in total. The first kappa shape index (κ1) is 14.0. The standard InChI is InChI=1S/C13H22N4O2S/c1-3-5-11-14-12(16-15-11)10-8-17(20(2,18)19)9-13(10)6-4-7-13/h10H,3-9H2,1-2H3,(H,14,15,16). The molecule has 1 spiro atoms. The Hall–Kier alpha value is -0.950. The van der Waals surface area contributed by atoms with Gasteiger partial charge in [0.25, 0.3) is 0 Å². The molecule has 3 rings (SSSR count). The van der Waals surface area contributed by atoms with E-state index in [0.29, 0.717) is 13.1 Å². The van der Waals surface area contributed by atoms with Gasteiger partial charge in [0.05, 0.1) is 6.26 Å². The zero-order valence-corrected chi connectivity index (χ0v) is 12.9. The molecule has 1 N–H and O–H groups in total. The van der Waals surface area contributed by atoms with Crippen LogP contribution in [-0.4, -0.2) is 47.2 Å². The Morgan fingerprint density at radius 1 is 1.45 bits per heavy atom. The Balaban J connectivity index is 1.86. The van der Waals surface area contributed by atoms with Crippen molar-refractivity contribution >= 4 is 10.0 Å². The van der Waals surface area contributed by atoms with Crippen LogP contribution in [0.1, 0.15) is 50.2 Å². The Kier molecular flexibility index (Phi) is 3.36. The molecule has 0 aromatic carbocycles. The summed E-state index contributed by atoms with van der Waals surface area (Å²) in [5.41, 5.74) is 0.0781. The predicted octanol–water partition coefficient (Wildman–Crippen LogP) is 1.29. The first-order chi connectivity index (χ1) is 9.44. The van der Waals surface area contributed by atoms with Crippen LogP contribution < -0.4 is 0 Å². The topological polar surface area (TPSA) is 79.0 Å². The summed E-state index contributed by atoms with van der Waals surface area (Å²) in [4.78, 5) is 4.59. The molecule has 1 aliphatic heterocycles. The fourth-order valence-corrected chi connectivity index (χ4v) is 4.39. The van der Waals surface area contributed by atoms with E-state index in [1.807, 2.05) is 0 Å². The normalized spacial score (nSPS) is 26.0. The maximum atomic E-state index is 11.8. The summed E-state index contributed by atoms with van der Waals surface area (Å²) >= 11 is 0. The number of rotatable bonds is 4. The van der Waals surface area contributed by atoms with E-state index in [2.05, 4.69) is 22.1 Å². The number of hydrogen-bond donors (Lipinski definition) is 1. The molecule has 0 radical (unpaired) electrons. The molecule has 7 heteroatoms. The van der Waals surface area contributed by atoms with Crippen molar-refractivity contribution in [2.45, 2.75) is 44.9 Å². The highest BCUT2D eigenvalue weighted by Gasteiger charge is 2.54. The average Bonchev–Trinajstić information content (AvgIpc) is 2.90. The second-order valence-electron chi connectivity index (χ2n) is 6.21. The molecule has 2 fully saturated rings. The molecule has 1 atom stereocenters. The number of H-pyrrole nitrogens is 1. The monoisotopic (exact) mass is 298 g/mol. The summed E-state index contributed by atoms with van der Waals surface area (Å²) in [7, 11) is -3.13. The largest absolute Gasteiger partial charge is 0.263 e. The van der Waals surface area contributed by atoms with Crippen molar-refractivity contribution in [3.63, 3.8) is 0 Å². The lowest BCUT2D eigenvalue weighted by atomic mass is 9.62. The molecule has 112 valence electrons. The molecule has 1 unspecified atom stereocenters. The molecule has 2 heterocycles. The van der Waals surface area contributed by atoms with Crippen molar-refractivity contribution in [3.05, 3.63) is 11.6 Å². The molecule has 1 aromatic rings. The van der Waals surface area contributed by atoms with Crippen LogP contribution in [-0.2, 0) is 16.4 Å². The van der Waals surface area contributed by atoms with Gasteiger partial charge in [-0.15, -0.1) is 0 Å². The van der Waals surface area contributed by atoms with Gasteiger partial charge in [-0.25, -0.2) is 17.7 Å². The molecule has 1 saturated carbocycles. The first-order valence-electron chi connectivity index (χ1n) is 7.31. The van der Waals surface area contributed by atoms with E-state index in [1.165, 1.54) is 12.7 Å². The lowest BCUT2D eigenvalue weighted by Crippen LogP contribution is -2.37. The summed E-state index contributed by atoms with van der Waals surface area (Å²) in [6.45, 7) is 3.27. The van der Waals surface area contributed by atoms with E-state index in [9.17, 15) is 8.42 Å². The van der Waals surface area contributed by atoms with Crippen molar-refractivity contribution in [1.82, 2.24) is 19.5 Å². The maximum absolute atomic E-state index is 11.8. The Morgan fingerprint density at radius 3 is 2.75 bits per heavy atom. The molecule has 2 aliphatic rings. The zero-order chi connectivity index (χ0) is 14.4. The maximum Gasteiger partial charge on any atom is 0.211 e. The van der Waals surface area contributed by atoms with Crippen molar-refractivity contribution in [2.24, 2.45) is 5.41 Å². The summed E-state index contributed by atoms with van der Waals surface area (Å²) in [6, 6.07) is 0. The van der Waals surface area contributed by atoms with Gasteiger partial charge in [0.1, 0.15) is 5.82 Å². The third kappa shape index (κ3) is 2.26. The molecular weight excluding hydrogens is 276 g/mol. The molecule has 20 heavy (non-hydrogen) atoms. The number of hydrogen-bond acceptors (Lipinski definition) is 4. The summed E-state index contributed by atoms with van der Waals surface area (Å²) < 4.78 is 25.3. The number of nitrogens with zero attached hydrogens (tertiary/aromatic N) is 3. The second-order valence-corrected chi connectivity index (χ2v) is 8.20. The van der Waals surface area contributed by atoms with E-state index in [-0.39, 0.29) is 11.3 Å². The average molecular weight is 298 g/mol. The van der Waals surface area contributed by atoms with Crippen LogP contribution in [0.3, 0.4) is 0 Å². The number of nitrogens with one attached hydrogen (secondary N) is 1. The van der Waals surface area contributed by atoms with Gasteiger partial charge in [-0.2, -0.15) is 5.10 Å². The van der Waals surface area contributed by atoms with Gasteiger partial charge < -0.3 is 0 Å². The van der Waals surface area contributed by atoms with E-state index >= 15 is 0 Å². The van der Waals surface area contributed by atoms with E-state index in [4.69, 9.17) is 0 Å². The van der Waals surface area contributed by atoms with Crippen LogP contribution in [0.25, 0.3) is 0 Å². The molecular formula is C13H22N4O2S. The van der Waals surface area contributed by atoms with Crippen LogP contribution >= 0.6 is 0 Å². The SMILES string of the molecule is CCCc1nc(C2CN(S(C)(=O)=O)CC23CCC3)n[nH]1. The predicted molar refractivity (Wildman–Crippen MR) is 75.8 cm³/mol. The van der Waals surface area contributed by atoms with E-state index in [0.717, 1.165) is 37.3 Å². The summed E-state index contributed by atoms with van der Waals surface area (Å²) in [6.07, 6.45) is 6.56. The van der Waals surface area contributed by atoms with Crippen LogP contribution in [0.4, 0.5) is 0 Å². The minimum Gasteiger partial charge on any atom is -0.263 e. The lowest BCUT2D eigenvalue weighted by molar-refractivity contribution is 0.127. The number of sulfonamides is 1. The molecule has 1 aliphatic carbocycles. The van der Waals surface area contributed by atoms with Crippen molar-refractivity contribution < 1.29 is 8.42 Å². The highest BCUT2D eigenvalue weighted by atomic mass is 32.2. The summed E-state index contributed by atoms with van der Waals surface area (Å²) in [5, 5.41) is 7.35. The van der Waals surface area contributed by atoms with Gasteiger partial charge in [0.15, 0.2) is 5.82 Å². The van der Waals surface area contributed by atoms with E-state index < -0.39 is 10.0 Å². The van der Waals surface area contributed by atoms with Crippen LogP contribution in [0.2, 0.25) is 0 Å². The van der Waals surface area contributed by atoms with Gasteiger partial charge in [-0.05, 0) is 24.7 Å². The van der Waals surface area contributed by atoms with Crippen LogP contribution in [0.5, 0.6) is 0 Å². The van der Waals surface area contributed by atoms with E-state index in [1.54, 1.807) is 4.31 Å². The molecule has 0 amide bonds. The second kappa shape index (κ2) is 4.80. The van der Waals surface area contributed by atoms with Crippen molar-refractivity contribution in [2.75, 3.05) is 19.3 Å². The number of aromatic nitrogens is 3. The first-order valence-corrected chi connectivity index (χ1v) is 9.16. The van der Waals surface area contributed by atoms with Gasteiger partial charge in [-0.1, -0.05) is 13.3 Å². The van der Waals surface area contributed by atoms with Crippen LogP contribution in [0.15, 0.2) is 0 Å². The third-order valence-electron chi connectivity index (χ3n) is 4.78. The van der Waals surface area contributed by atoms with Gasteiger partial charge in [0, 0.05) is 25.4 Å². The van der Waals surface area contributed by atoms with Crippen LogP contribution in [0, 0.1) is 5.41 Å². The minimum absolute atomic E-state index is 0.0781. The fourth-order valence-electron chi connectivity index (χ4n) is 3.48. The smallest absolute Gasteiger partial charge is 0.211 e. The highest BCUT2D eigenvalue weighted by Crippen LogP contribution is 2.55. The Labute approximate surface area is 120 Å². The highest BCUT2D eigenvalue weighted by molar-refractivity contribution is 7.88. The summed E-state index contributed by atoms with van der Waals surface area (Å²) in [5.74, 6) is 1.86. The number of aryl methyl sites for hydroxylation is 1. The van der Waals surface area contributed by atoms with Crippen molar-refractivity contribution in [1.29, 1.82) is 0 Å². The minimum atomic E-state index is -3.13. The molecule has 1 aromatic heterocycles. The Bertz CT molecular complexity index is 591. The van der Waals surface area contributed by atoms with Gasteiger partial charge in [-0.3, -0.25) is 5.10 Å². The van der Waals surface area contributed by atoms with Crippen molar-refractivity contribution in [3.8, 4) is 0 Å². The quantitative estimate of drug-likeness (QED) is 0.908.